The van der Waals surface area contributed by atoms with Crippen molar-refractivity contribution < 1.29 is 13.2 Å². The second-order valence-electron chi connectivity index (χ2n) is 3.69. The van der Waals surface area contributed by atoms with Crippen molar-refractivity contribution in [1.29, 1.82) is 0 Å². The lowest BCUT2D eigenvalue weighted by molar-refractivity contribution is -0.127. The normalized spacial score (nSPS) is 11.3. The molecule has 0 saturated carbocycles. The van der Waals surface area contributed by atoms with Gasteiger partial charge in [0.2, 0.25) is 15.9 Å². The second-order valence-corrected chi connectivity index (χ2v) is 6.72. The molecule has 0 fully saturated rings. The molecule has 5 nitrogen and oxygen atoms in total. The molecular weight excluding hydrogens is 344 g/mol. The smallest absolute Gasteiger partial charge is 0.241 e. The molecule has 8 heteroatoms. The van der Waals surface area contributed by atoms with Gasteiger partial charge in [0.25, 0.3) is 0 Å². The third-order valence-corrected chi connectivity index (χ3v) is 4.73. The Kier molecular flexibility index (Phi) is 5.15. The Bertz CT molecular complexity index is 560. The Morgan fingerprint density at radius 1 is 1.44 bits per heavy atom. The Morgan fingerprint density at radius 3 is 2.56 bits per heavy atom. The lowest BCUT2D eigenvalue weighted by Crippen LogP contribution is -2.36. The van der Waals surface area contributed by atoms with E-state index in [1.807, 2.05) is 0 Å². The minimum atomic E-state index is -3.71. The van der Waals surface area contributed by atoms with E-state index in [0.29, 0.717) is 9.50 Å². The highest BCUT2D eigenvalue weighted by molar-refractivity contribution is 9.10. The van der Waals surface area contributed by atoms with E-state index in [-0.39, 0.29) is 17.3 Å². The van der Waals surface area contributed by atoms with E-state index in [4.69, 9.17) is 11.6 Å². The van der Waals surface area contributed by atoms with E-state index in [0.717, 1.165) is 0 Å². The lowest BCUT2D eigenvalue weighted by atomic mass is 10.4. The van der Waals surface area contributed by atoms with Gasteiger partial charge in [0.05, 0.1) is 16.5 Å². The number of likely N-dealkylation sites (N-methyl/N-ethyl adjacent to an activating group) is 1. The lowest BCUT2D eigenvalue weighted by Gasteiger charge is -2.11. The Labute approximate surface area is 119 Å². The van der Waals surface area contributed by atoms with E-state index in [1.54, 1.807) is 14.1 Å². The fourth-order valence-electron chi connectivity index (χ4n) is 1.04. The molecule has 0 spiro atoms. The van der Waals surface area contributed by atoms with Crippen molar-refractivity contribution in [3.05, 3.63) is 27.7 Å². The van der Waals surface area contributed by atoms with Crippen molar-refractivity contribution in [1.82, 2.24) is 9.62 Å². The highest BCUT2D eigenvalue weighted by atomic mass is 79.9. The molecule has 0 aromatic heterocycles. The van der Waals surface area contributed by atoms with Crippen LogP contribution in [0.25, 0.3) is 0 Å². The summed E-state index contributed by atoms with van der Waals surface area (Å²) >= 11 is 8.92. The van der Waals surface area contributed by atoms with Gasteiger partial charge < -0.3 is 4.90 Å². The molecule has 0 radical (unpaired) electrons. The first-order valence-corrected chi connectivity index (χ1v) is 7.54. The fraction of sp³-hybridized carbons (Fsp3) is 0.300. The predicted molar refractivity (Wildman–Crippen MR) is 73.0 cm³/mol. The number of carbonyl (C=O) groups excluding carboxylic acids is 1. The molecular formula is C10H12BrClN2O3S. The van der Waals surface area contributed by atoms with Crippen molar-refractivity contribution >= 4 is 43.5 Å². The number of sulfonamides is 1. The van der Waals surface area contributed by atoms with Crippen LogP contribution in [0, 0.1) is 0 Å². The largest absolute Gasteiger partial charge is 0.348 e. The molecule has 1 N–H and O–H groups in total. The van der Waals surface area contributed by atoms with Gasteiger partial charge in [-0.25, -0.2) is 13.1 Å². The van der Waals surface area contributed by atoms with Gasteiger partial charge in [-0.2, -0.15) is 0 Å². The summed E-state index contributed by atoms with van der Waals surface area (Å²) in [5.74, 6) is -0.327. The van der Waals surface area contributed by atoms with Gasteiger partial charge >= 0.3 is 0 Å². The highest BCUT2D eigenvalue weighted by Gasteiger charge is 2.17. The zero-order valence-corrected chi connectivity index (χ0v) is 12.9. The van der Waals surface area contributed by atoms with Crippen LogP contribution in [0.1, 0.15) is 0 Å². The number of carbonyl (C=O) groups is 1. The van der Waals surface area contributed by atoms with Crippen molar-refractivity contribution in [3.63, 3.8) is 0 Å². The highest BCUT2D eigenvalue weighted by Crippen LogP contribution is 2.25. The Hall–Kier alpha value is -0.630. The zero-order valence-electron chi connectivity index (χ0n) is 9.78. The van der Waals surface area contributed by atoms with Crippen molar-refractivity contribution in [2.24, 2.45) is 0 Å². The molecule has 1 aromatic carbocycles. The standard InChI is InChI=1S/C10H12BrClN2O3S/c1-14(2)10(15)6-13-18(16,17)7-3-4-9(12)8(11)5-7/h3-5,13H,6H2,1-2H3. The minimum Gasteiger partial charge on any atom is -0.348 e. The fourth-order valence-corrected chi connectivity index (χ4v) is 2.69. The summed E-state index contributed by atoms with van der Waals surface area (Å²) in [5.41, 5.74) is 0. The molecule has 1 aromatic rings. The van der Waals surface area contributed by atoms with E-state index in [1.165, 1.54) is 23.1 Å². The predicted octanol–water partition coefficient (Wildman–Crippen LogP) is 1.47. The summed E-state index contributed by atoms with van der Waals surface area (Å²) in [5, 5.41) is 0.415. The molecule has 0 aliphatic rings. The monoisotopic (exact) mass is 354 g/mol. The maximum atomic E-state index is 11.9. The van der Waals surface area contributed by atoms with Gasteiger partial charge in [0.1, 0.15) is 0 Å². The van der Waals surface area contributed by atoms with Gasteiger partial charge in [-0.1, -0.05) is 11.6 Å². The van der Waals surface area contributed by atoms with Crippen LogP contribution in [0.3, 0.4) is 0 Å². The SMILES string of the molecule is CN(C)C(=O)CNS(=O)(=O)c1ccc(Cl)c(Br)c1. The van der Waals surface area contributed by atoms with Gasteiger partial charge in [0, 0.05) is 18.6 Å². The number of rotatable bonds is 4. The van der Waals surface area contributed by atoms with Crippen LogP contribution in [0.15, 0.2) is 27.6 Å². The minimum absolute atomic E-state index is 0.0466. The van der Waals surface area contributed by atoms with Crippen LogP contribution in [-0.2, 0) is 14.8 Å². The van der Waals surface area contributed by atoms with Crippen molar-refractivity contribution in [2.75, 3.05) is 20.6 Å². The van der Waals surface area contributed by atoms with Crippen molar-refractivity contribution in [3.8, 4) is 0 Å². The molecule has 0 atom stereocenters. The van der Waals surface area contributed by atoms with E-state index >= 15 is 0 Å². The summed E-state index contributed by atoms with van der Waals surface area (Å²) < 4.78 is 26.5. The van der Waals surface area contributed by atoms with Crippen LogP contribution < -0.4 is 4.72 Å². The summed E-state index contributed by atoms with van der Waals surface area (Å²) in [4.78, 5) is 12.7. The zero-order chi connectivity index (χ0) is 13.9. The first-order chi connectivity index (χ1) is 8.24. The maximum Gasteiger partial charge on any atom is 0.241 e. The third-order valence-electron chi connectivity index (χ3n) is 2.11. The molecule has 1 rings (SSSR count). The van der Waals surface area contributed by atoms with E-state index < -0.39 is 10.0 Å². The van der Waals surface area contributed by atoms with Crippen LogP contribution in [0.4, 0.5) is 0 Å². The average molecular weight is 356 g/mol. The van der Waals surface area contributed by atoms with E-state index in [9.17, 15) is 13.2 Å². The van der Waals surface area contributed by atoms with Crippen LogP contribution in [-0.4, -0.2) is 39.9 Å². The van der Waals surface area contributed by atoms with Gasteiger partial charge in [-0.3, -0.25) is 4.79 Å². The molecule has 1 amide bonds. The molecule has 0 unspecified atom stereocenters. The number of amides is 1. The van der Waals surface area contributed by atoms with E-state index in [2.05, 4.69) is 20.7 Å². The summed E-state index contributed by atoms with van der Waals surface area (Å²) in [6.07, 6.45) is 0. The van der Waals surface area contributed by atoms with Crippen molar-refractivity contribution in [2.45, 2.75) is 4.90 Å². The number of hydrogen-bond acceptors (Lipinski definition) is 3. The first-order valence-electron chi connectivity index (χ1n) is 4.89. The van der Waals surface area contributed by atoms with Gasteiger partial charge in [-0.05, 0) is 34.1 Å². The first kappa shape index (κ1) is 15.4. The Balaban J connectivity index is 2.87. The molecule has 0 heterocycles. The van der Waals surface area contributed by atoms with Crippen LogP contribution >= 0.6 is 27.5 Å². The molecule has 0 aliphatic heterocycles. The van der Waals surface area contributed by atoms with Crippen LogP contribution in [0.2, 0.25) is 5.02 Å². The average Bonchev–Trinajstić information content (AvgIpc) is 2.29. The third kappa shape index (κ3) is 3.94. The van der Waals surface area contributed by atoms with Gasteiger partial charge in [-0.15, -0.1) is 0 Å². The number of nitrogens with zero attached hydrogens (tertiary/aromatic N) is 1. The number of benzene rings is 1. The van der Waals surface area contributed by atoms with Gasteiger partial charge in [0.15, 0.2) is 0 Å². The molecule has 100 valence electrons. The second kappa shape index (κ2) is 6.01. The number of nitrogens with one attached hydrogen (secondary N) is 1. The van der Waals surface area contributed by atoms with Crippen LogP contribution in [0.5, 0.6) is 0 Å². The molecule has 0 saturated heterocycles. The molecule has 0 aliphatic carbocycles. The number of hydrogen-bond donors (Lipinski definition) is 1. The maximum absolute atomic E-state index is 11.9. The Morgan fingerprint density at radius 2 is 2.06 bits per heavy atom. The summed E-state index contributed by atoms with van der Waals surface area (Å²) in [7, 11) is -0.612. The topological polar surface area (TPSA) is 66.5 Å². The molecule has 0 bridgehead atoms. The summed E-state index contributed by atoms with van der Waals surface area (Å²) in [6, 6.07) is 4.22. The number of halogens is 2. The molecule has 18 heavy (non-hydrogen) atoms. The quantitative estimate of drug-likeness (QED) is 0.889. The summed E-state index contributed by atoms with van der Waals surface area (Å²) in [6.45, 7) is -0.282.